The molecule has 0 bridgehead atoms. The van der Waals surface area contributed by atoms with Gasteiger partial charge in [-0.1, -0.05) is 24.3 Å². The topological polar surface area (TPSA) is 12.9 Å². The van der Waals surface area contributed by atoms with Crippen molar-refractivity contribution in [2.24, 2.45) is 0 Å². The van der Waals surface area contributed by atoms with Crippen LogP contribution in [-0.2, 0) is 6.32 Å². The van der Waals surface area contributed by atoms with Crippen LogP contribution in [0.25, 0.3) is 10.8 Å². The van der Waals surface area contributed by atoms with Crippen molar-refractivity contribution in [3.05, 3.63) is 40.6 Å². The molecule has 1 aromatic carbocycles. The molecule has 62 valence electrons. The molecule has 13 heavy (non-hydrogen) atoms. The fraction of sp³-hybridized carbons (Fsp3) is 0.100. The predicted octanol–water partition coefficient (Wildman–Crippen LogP) is 2.67. The maximum atomic E-state index is 5.55. The highest BCUT2D eigenvalue weighted by molar-refractivity contribution is 9.10. The number of aromatic nitrogens is 1. The first kappa shape index (κ1) is 8.76. The highest BCUT2D eigenvalue weighted by Crippen LogP contribution is 2.25. The van der Waals surface area contributed by atoms with Crippen molar-refractivity contribution in [1.29, 1.82) is 0 Å². The van der Waals surface area contributed by atoms with Crippen LogP contribution in [0, 0.1) is 0 Å². The van der Waals surface area contributed by atoms with Crippen molar-refractivity contribution >= 4 is 34.5 Å². The summed E-state index contributed by atoms with van der Waals surface area (Å²) in [7, 11) is 5.55. The van der Waals surface area contributed by atoms with Gasteiger partial charge in [-0.15, -0.1) is 0 Å². The second-order valence-electron chi connectivity index (χ2n) is 2.81. The molecule has 3 heteroatoms. The number of fused-ring (bicyclic) bond motifs is 1. The lowest BCUT2D eigenvalue weighted by Crippen LogP contribution is -1.91. The smallest absolute Gasteiger partial charge is 0.0738 e. The molecule has 0 aliphatic rings. The Morgan fingerprint density at radius 3 is 2.85 bits per heavy atom. The minimum atomic E-state index is 0.464. The zero-order valence-corrected chi connectivity index (χ0v) is 8.58. The predicted molar refractivity (Wildman–Crippen MR) is 58.9 cm³/mol. The Bertz CT molecular complexity index is 442. The third kappa shape index (κ3) is 1.48. The Kier molecular flexibility index (Phi) is 2.36. The fourth-order valence-corrected chi connectivity index (χ4v) is 1.94. The molecule has 2 aromatic rings. The second-order valence-corrected chi connectivity index (χ2v) is 3.60. The van der Waals surface area contributed by atoms with Crippen LogP contribution in [0.3, 0.4) is 0 Å². The largest absolute Gasteiger partial charge is 0.260 e. The summed E-state index contributed by atoms with van der Waals surface area (Å²) in [5.74, 6) is 0. The van der Waals surface area contributed by atoms with E-state index in [1.54, 1.807) is 0 Å². The maximum Gasteiger partial charge on any atom is 0.0738 e. The molecule has 0 fully saturated rings. The monoisotopic (exact) mass is 231 g/mol. The van der Waals surface area contributed by atoms with Gasteiger partial charge in [-0.25, -0.2) is 0 Å². The normalized spacial score (nSPS) is 10.5. The van der Waals surface area contributed by atoms with Gasteiger partial charge in [0.25, 0.3) is 0 Å². The molecular formula is C10H7BBrN. The Morgan fingerprint density at radius 1 is 1.31 bits per heavy atom. The Labute approximate surface area is 86.7 Å². The van der Waals surface area contributed by atoms with Gasteiger partial charge in [0.2, 0.25) is 0 Å². The standard InChI is InChI=1S/C10H7BBrN/c11-5-9-10(12)8-4-2-1-3-7(8)6-13-9/h1-4,6H,5H2. The van der Waals surface area contributed by atoms with Gasteiger partial charge in [0.15, 0.2) is 0 Å². The van der Waals surface area contributed by atoms with Crippen LogP contribution in [0.2, 0.25) is 0 Å². The van der Waals surface area contributed by atoms with Gasteiger partial charge in [-0.2, -0.15) is 0 Å². The average Bonchev–Trinajstić information content (AvgIpc) is 2.19. The van der Waals surface area contributed by atoms with Crippen LogP contribution in [0.15, 0.2) is 34.9 Å². The van der Waals surface area contributed by atoms with Crippen molar-refractivity contribution in [3.8, 4) is 0 Å². The summed E-state index contributed by atoms with van der Waals surface area (Å²) >= 11 is 3.50. The van der Waals surface area contributed by atoms with E-state index in [1.807, 2.05) is 24.4 Å². The van der Waals surface area contributed by atoms with Gasteiger partial charge in [-0.3, -0.25) is 4.98 Å². The van der Waals surface area contributed by atoms with Gasteiger partial charge in [0, 0.05) is 21.7 Å². The van der Waals surface area contributed by atoms with E-state index < -0.39 is 0 Å². The molecule has 0 atom stereocenters. The Morgan fingerprint density at radius 2 is 2.08 bits per heavy atom. The lowest BCUT2D eigenvalue weighted by atomic mass is 10.00. The number of nitrogens with zero attached hydrogens (tertiary/aromatic N) is 1. The van der Waals surface area contributed by atoms with Crippen LogP contribution in [0.4, 0.5) is 0 Å². The maximum absolute atomic E-state index is 5.55. The number of benzene rings is 1. The molecule has 2 radical (unpaired) electrons. The molecular weight excluding hydrogens is 225 g/mol. The van der Waals surface area contributed by atoms with E-state index in [4.69, 9.17) is 7.85 Å². The van der Waals surface area contributed by atoms with E-state index in [-0.39, 0.29) is 0 Å². The second kappa shape index (κ2) is 3.50. The summed E-state index contributed by atoms with van der Waals surface area (Å²) in [5, 5.41) is 2.30. The van der Waals surface area contributed by atoms with Crippen LogP contribution < -0.4 is 0 Å². The van der Waals surface area contributed by atoms with Crippen molar-refractivity contribution < 1.29 is 0 Å². The molecule has 1 aromatic heterocycles. The van der Waals surface area contributed by atoms with Gasteiger partial charge in [-0.05, 0) is 27.6 Å². The van der Waals surface area contributed by atoms with Crippen molar-refractivity contribution in [3.63, 3.8) is 0 Å². The minimum Gasteiger partial charge on any atom is -0.260 e. The van der Waals surface area contributed by atoms with Crippen LogP contribution in [0.5, 0.6) is 0 Å². The summed E-state index contributed by atoms with van der Waals surface area (Å²) in [6.45, 7) is 0. The van der Waals surface area contributed by atoms with E-state index in [0.717, 1.165) is 20.9 Å². The molecule has 0 aliphatic carbocycles. The molecule has 2 rings (SSSR count). The molecule has 0 N–H and O–H groups in total. The van der Waals surface area contributed by atoms with Crippen LogP contribution in [0.1, 0.15) is 5.69 Å². The van der Waals surface area contributed by atoms with Gasteiger partial charge in [0.1, 0.15) is 0 Å². The van der Waals surface area contributed by atoms with Crippen LogP contribution in [-0.4, -0.2) is 12.8 Å². The van der Waals surface area contributed by atoms with Crippen molar-refractivity contribution in [2.75, 3.05) is 0 Å². The molecule has 0 saturated heterocycles. The third-order valence-corrected chi connectivity index (χ3v) is 2.89. The van der Waals surface area contributed by atoms with Gasteiger partial charge >= 0.3 is 0 Å². The third-order valence-electron chi connectivity index (χ3n) is 2.00. The summed E-state index contributed by atoms with van der Waals surface area (Å²) in [4.78, 5) is 4.25. The van der Waals surface area contributed by atoms with E-state index in [0.29, 0.717) is 6.32 Å². The summed E-state index contributed by atoms with van der Waals surface area (Å²) in [6.07, 6.45) is 2.31. The Hall–Kier alpha value is -0.825. The number of hydrogen-bond acceptors (Lipinski definition) is 1. The number of hydrogen-bond donors (Lipinski definition) is 0. The van der Waals surface area contributed by atoms with E-state index in [9.17, 15) is 0 Å². The van der Waals surface area contributed by atoms with E-state index >= 15 is 0 Å². The Balaban J connectivity index is 2.79. The molecule has 0 saturated carbocycles. The molecule has 0 amide bonds. The first-order chi connectivity index (χ1) is 6.33. The average molecular weight is 232 g/mol. The summed E-state index contributed by atoms with van der Waals surface area (Å²) in [6, 6.07) is 8.10. The molecule has 1 nitrogen and oxygen atoms in total. The quantitative estimate of drug-likeness (QED) is 0.688. The fourth-order valence-electron chi connectivity index (χ4n) is 1.31. The first-order valence-electron chi connectivity index (χ1n) is 4.05. The zero-order valence-electron chi connectivity index (χ0n) is 7.00. The molecule has 0 unspecified atom stereocenters. The molecule has 0 spiro atoms. The van der Waals surface area contributed by atoms with Gasteiger partial charge in [0.05, 0.1) is 7.85 Å². The number of rotatable bonds is 1. The number of halogens is 1. The van der Waals surface area contributed by atoms with E-state index in [2.05, 4.69) is 27.0 Å². The van der Waals surface area contributed by atoms with Gasteiger partial charge < -0.3 is 0 Å². The van der Waals surface area contributed by atoms with Crippen molar-refractivity contribution in [1.82, 2.24) is 4.98 Å². The lowest BCUT2D eigenvalue weighted by Gasteiger charge is -2.04. The highest BCUT2D eigenvalue weighted by Gasteiger charge is 2.02. The highest BCUT2D eigenvalue weighted by atomic mass is 79.9. The first-order valence-corrected chi connectivity index (χ1v) is 4.84. The molecule has 0 aliphatic heterocycles. The summed E-state index contributed by atoms with van der Waals surface area (Å²) < 4.78 is 1.01. The lowest BCUT2D eigenvalue weighted by molar-refractivity contribution is 1.17. The van der Waals surface area contributed by atoms with Crippen molar-refractivity contribution in [2.45, 2.75) is 6.32 Å². The van der Waals surface area contributed by atoms with Crippen LogP contribution >= 0.6 is 15.9 Å². The minimum absolute atomic E-state index is 0.464. The summed E-state index contributed by atoms with van der Waals surface area (Å²) in [5.41, 5.74) is 0.902. The SMILES string of the molecule is [B]Cc1ncc2ccccc2c1Br. The van der Waals surface area contributed by atoms with E-state index in [1.165, 1.54) is 0 Å². The molecule has 1 heterocycles. The zero-order chi connectivity index (χ0) is 9.26. The number of pyridine rings is 1.